The number of aromatic nitrogens is 1. The zero-order valence-electron chi connectivity index (χ0n) is 15.2. The molecule has 0 saturated heterocycles. The van der Waals surface area contributed by atoms with E-state index < -0.39 is 0 Å². The van der Waals surface area contributed by atoms with Gasteiger partial charge in [0, 0.05) is 18.5 Å². The van der Waals surface area contributed by atoms with Gasteiger partial charge in [-0.1, -0.05) is 39.5 Å². The second-order valence-electron chi connectivity index (χ2n) is 6.46. The van der Waals surface area contributed by atoms with Gasteiger partial charge in [-0.15, -0.1) is 11.3 Å². The highest BCUT2D eigenvalue weighted by Gasteiger charge is 2.17. The van der Waals surface area contributed by atoms with E-state index in [9.17, 15) is 9.59 Å². The van der Waals surface area contributed by atoms with E-state index in [1.807, 2.05) is 10.3 Å². The molecule has 0 aliphatic rings. The summed E-state index contributed by atoms with van der Waals surface area (Å²) >= 11 is 2.90. The van der Waals surface area contributed by atoms with Crippen LogP contribution in [0.1, 0.15) is 40.3 Å². The van der Waals surface area contributed by atoms with Crippen LogP contribution in [-0.4, -0.2) is 47.2 Å². The van der Waals surface area contributed by atoms with Gasteiger partial charge in [0.15, 0.2) is 4.34 Å². The molecular formula is C17H28N2O3S2. The summed E-state index contributed by atoms with van der Waals surface area (Å²) in [5.74, 6) is 1.16. The highest BCUT2D eigenvalue weighted by molar-refractivity contribution is 8.01. The van der Waals surface area contributed by atoms with Crippen LogP contribution in [0.15, 0.2) is 9.72 Å². The van der Waals surface area contributed by atoms with Crippen molar-refractivity contribution in [3.8, 4) is 0 Å². The van der Waals surface area contributed by atoms with Crippen LogP contribution in [-0.2, 0) is 20.7 Å². The van der Waals surface area contributed by atoms with Gasteiger partial charge in [-0.3, -0.25) is 9.59 Å². The fraction of sp³-hybridized carbons (Fsp3) is 0.706. The summed E-state index contributed by atoms with van der Waals surface area (Å²) in [5.41, 5.74) is 0.703. The van der Waals surface area contributed by atoms with E-state index in [0.717, 1.165) is 17.4 Å². The first-order valence-electron chi connectivity index (χ1n) is 8.32. The monoisotopic (exact) mass is 372 g/mol. The Morgan fingerprint density at radius 3 is 2.42 bits per heavy atom. The lowest BCUT2D eigenvalue weighted by Crippen LogP contribution is -2.38. The molecule has 0 atom stereocenters. The van der Waals surface area contributed by atoms with Crippen LogP contribution in [0, 0.1) is 11.8 Å². The van der Waals surface area contributed by atoms with Gasteiger partial charge in [0.1, 0.15) is 0 Å². The highest BCUT2D eigenvalue weighted by Crippen LogP contribution is 2.23. The maximum Gasteiger partial charge on any atom is 0.311 e. The summed E-state index contributed by atoms with van der Waals surface area (Å²) in [6, 6.07) is 0. The van der Waals surface area contributed by atoms with Crippen molar-refractivity contribution in [2.45, 2.75) is 45.4 Å². The van der Waals surface area contributed by atoms with Crippen LogP contribution in [0.3, 0.4) is 0 Å². The molecule has 0 aliphatic carbocycles. The minimum absolute atomic E-state index is 0.143. The molecule has 24 heavy (non-hydrogen) atoms. The van der Waals surface area contributed by atoms with E-state index in [-0.39, 0.29) is 18.3 Å². The normalized spacial score (nSPS) is 11.1. The molecule has 0 spiro atoms. The zero-order chi connectivity index (χ0) is 18.1. The minimum atomic E-state index is -0.268. The average Bonchev–Trinajstić information content (AvgIpc) is 2.90. The number of rotatable bonds is 10. The second kappa shape index (κ2) is 10.7. The predicted molar refractivity (Wildman–Crippen MR) is 99.4 cm³/mol. The van der Waals surface area contributed by atoms with Crippen molar-refractivity contribution in [2.75, 3.05) is 25.4 Å². The lowest BCUT2D eigenvalue weighted by Gasteiger charge is -2.26. The largest absolute Gasteiger partial charge is 0.466 e. The van der Waals surface area contributed by atoms with Gasteiger partial charge in [-0.05, 0) is 18.8 Å². The van der Waals surface area contributed by atoms with Crippen LogP contribution in [0.25, 0.3) is 0 Å². The molecule has 1 heterocycles. The minimum Gasteiger partial charge on any atom is -0.466 e. The van der Waals surface area contributed by atoms with Crippen LogP contribution in [0.2, 0.25) is 0 Å². The number of esters is 1. The molecule has 1 aromatic rings. The van der Waals surface area contributed by atoms with Crippen LogP contribution in [0.4, 0.5) is 0 Å². The second-order valence-corrected chi connectivity index (χ2v) is 8.54. The van der Waals surface area contributed by atoms with Crippen molar-refractivity contribution in [3.63, 3.8) is 0 Å². The quantitative estimate of drug-likeness (QED) is 0.465. The first-order chi connectivity index (χ1) is 11.3. The summed E-state index contributed by atoms with van der Waals surface area (Å²) in [4.78, 5) is 30.3. The number of thiazole rings is 1. The first-order valence-corrected chi connectivity index (χ1v) is 10.2. The SMILES string of the molecule is CCOC(=O)Cc1csc(SCC(=O)N(CC(C)C)CC(C)C)n1. The number of nitrogens with zero attached hydrogens (tertiary/aromatic N) is 2. The summed E-state index contributed by atoms with van der Waals surface area (Å²) < 4.78 is 5.73. The Labute approximate surface area is 153 Å². The van der Waals surface area contributed by atoms with E-state index in [1.165, 1.54) is 23.1 Å². The van der Waals surface area contributed by atoms with Gasteiger partial charge in [0.05, 0.1) is 24.5 Å². The van der Waals surface area contributed by atoms with E-state index in [0.29, 0.717) is 29.9 Å². The van der Waals surface area contributed by atoms with Gasteiger partial charge in [-0.25, -0.2) is 4.98 Å². The fourth-order valence-electron chi connectivity index (χ4n) is 2.17. The van der Waals surface area contributed by atoms with E-state index in [4.69, 9.17) is 4.74 Å². The first kappa shape index (κ1) is 21.0. The Balaban J connectivity index is 2.52. The molecule has 0 saturated carbocycles. The van der Waals surface area contributed by atoms with E-state index in [2.05, 4.69) is 32.7 Å². The fourth-order valence-corrected chi connectivity index (χ4v) is 3.92. The van der Waals surface area contributed by atoms with Crippen molar-refractivity contribution in [3.05, 3.63) is 11.1 Å². The maximum absolute atomic E-state index is 12.5. The van der Waals surface area contributed by atoms with Crippen molar-refractivity contribution in [2.24, 2.45) is 11.8 Å². The van der Waals surface area contributed by atoms with Gasteiger partial charge < -0.3 is 9.64 Å². The molecule has 1 amide bonds. The van der Waals surface area contributed by atoms with Gasteiger partial charge in [0.2, 0.25) is 5.91 Å². The van der Waals surface area contributed by atoms with Crippen LogP contribution < -0.4 is 0 Å². The Bertz CT molecular complexity index is 520. The third kappa shape index (κ3) is 8.15. The molecule has 136 valence electrons. The van der Waals surface area contributed by atoms with Gasteiger partial charge >= 0.3 is 5.97 Å². The Kier molecular flexibility index (Phi) is 9.36. The number of carbonyl (C=O) groups is 2. The number of ether oxygens (including phenoxy) is 1. The lowest BCUT2D eigenvalue weighted by atomic mass is 10.1. The standard InChI is InChI=1S/C17H28N2O3S2/c1-6-22-16(21)7-14-10-23-17(18-14)24-11-15(20)19(8-12(2)3)9-13(4)5/h10,12-13H,6-9,11H2,1-5H3. The topological polar surface area (TPSA) is 59.5 Å². The van der Waals surface area contributed by atoms with Crippen molar-refractivity contribution >= 4 is 35.0 Å². The van der Waals surface area contributed by atoms with E-state index in [1.54, 1.807) is 6.92 Å². The van der Waals surface area contributed by atoms with Crippen molar-refractivity contribution in [1.82, 2.24) is 9.88 Å². The maximum atomic E-state index is 12.5. The van der Waals surface area contributed by atoms with Gasteiger partial charge in [-0.2, -0.15) is 0 Å². The number of thioether (sulfide) groups is 1. The molecule has 0 aliphatic heterocycles. The molecule has 0 fully saturated rings. The molecule has 1 rings (SSSR count). The summed E-state index contributed by atoms with van der Waals surface area (Å²) in [7, 11) is 0. The molecule has 0 radical (unpaired) electrons. The lowest BCUT2D eigenvalue weighted by molar-refractivity contribution is -0.142. The van der Waals surface area contributed by atoms with Crippen molar-refractivity contribution < 1.29 is 14.3 Å². The van der Waals surface area contributed by atoms with Crippen molar-refractivity contribution in [1.29, 1.82) is 0 Å². The third-order valence-corrected chi connectivity index (χ3v) is 5.06. The molecule has 5 nitrogen and oxygen atoms in total. The summed E-state index contributed by atoms with van der Waals surface area (Å²) in [5, 5.41) is 1.85. The molecule has 0 aromatic carbocycles. The highest BCUT2D eigenvalue weighted by atomic mass is 32.2. The van der Waals surface area contributed by atoms with E-state index >= 15 is 0 Å². The third-order valence-electron chi connectivity index (χ3n) is 3.00. The van der Waals surface area contributed by atoms with Gasteiger partial charge in [0.25, 0.3) is 0 Å². The summed E-state index contributed by atoms with van der Waals surface area (Å²) in [6.45, 7) is 12.2. The molecular weight excluding hydrogens is 344 g/mol. The number of carbonyl (C=O) groups excluding carboxylic acids is 2. The summed E-state index contributed by atoms with van der Waals surface area (Å²) in [6.07, 6.45) is 0.186. The molecule has 0 bridgehead atoms. The Hall–Kier alpha value is -1.08. The molecule has 1 aromatic heterocycles. The molecule has 0 N–H and O–H groups in total. The predicted octanol–water partition coefficient (Wildman–Crippen LogP) is 3.48. The Morgan fingerprint density at radius 2 is 1.88 bits per heavy atom. The van der Waals surface area contributed by atoms with Crippen LogP contribution in [0.5, 0.6) is 0 Å². The smallest absolute Gasteiger partial charge is 0.311 e. The molecule has 0 unspecified atom stereocenters. The number of hydrogen-bond acceptors (Lipinski definition) is 6. The zero-order valence-corrected chi connectivity index (χ0v) is 16.8. The Morgan fingerprint density at radius 1 is 1.25 bits per heavy atom. The number of hydrogen-bond donors (Lipinski definition) is 0. The number of amides is 1. The van der Waals surface area contributed by atoms with Crippen LogP contribution >= 0.6 is 23.1 Å². The molecule has 7 heteroatoms. The average molecular weight is 373 g/mol.